The zero-order chi connectivity index (χ0) is 14.8. The molecule has 0 saturated heterocycles. The zero-order valence-corrected chi connectivity index (χ0v) is 12.0. The van der Waals surface area contributed by atoms with E-state index in [-0.39, 0.29) is 11.4 Å². The van der Waals surface area contributed by atoms with E-state index in [9.17, 15) is 4.79 Å². The van der Waals surface area contributed by atoms with Gasteiger partial charge in [-0.2, -0.15) is 0 Å². The SMILES string of the molecule is CCC(C)(CC)Nc1nc(C(=O)O)nc2ccccc12. The summed E-state index contributed by atoms with van der Waals surface area (Å²) >= 11 is 0. The van der Waals surface area contributed by atoms with E-state index in [4.69, 9.17) is 5.11 Å². The number of carboxylic acid groups (broad SMARTS) is 1. The van der Waals surface area contributed by atoms with Gasteiger partial charge >= 0.3 is 5.97 Å². The second-order valence-corrected chi connectivity index (χ2v) is 5.11. The number of carboxylic acids is 1. The summed E-state index contributed by atoms with van der Waals surface area (Å²) in [6.07, 6.45) is 1.84. The first-order valence-electron chi connectivity index (χ1n) is 6.77. The van der Waals surface area contributed by atoms with E-state index in [2.05, 4.69) is 36.1 Å². The molecule has 0 unspecified atom stereocenters. The van der Waals surface area contributed by atoms with Crippen molar-refractivity contribution in [1.29, 1.82) is 0 Å². The van der Waals surface area contributed by atoms with Gasteiger partial charge in [0.15, 0.2) is 0 Å². The van der Waals surface area contributed by atoms with Gasteiger partial charge in [-0.05, 0) is 31.9 Å². The predicted octanol–water partition coefficient (Wildman–Crippen LogP) is 3.32. The summed E-state index contributed by atoms with van der Waals surface area (Å²) in [5.74, 6) is -0.714. The van der Waals surface area contributed by atoms with E-state index in [0.29, 0.717) is 11.3 Å². The predicted molar refractivity (Wildman–Crippen MR) is 79.1 cm³/mol. The van der Waals surface area contributed by atoms with E-state index in [1.165, 1.54) is 0 Å². The van der Waals surface area contributed by atoms with Crippen LogP contribution in [0.25, 0.3) is 10.9 Å². The Bertz CT molecular complexity index is 636. The lowest BCUT2D eigenvalue weighted by molar-refractivity contribution is 0.0684. The number of rotatable bonds is 5. The van der Waals surface area contributed by atoms with Crippen molar-refractivity contribution in [3.63, 3.8) is 0 Å². The van der Waals surface area contributed by atoms with Gasteiger partial charge in [0.1, 0.15) is 5.82 Å². The molecule has 0 spiro atoms. The van der Waals surface area contributed by atoms with Gasteiger partial charge in [0, 0.05) is 10.9 Å². The van der Waals surface area contributed by atoms with Crippen LogP contribution in [0.2, 0.25) is 0 Å². The van der Waals surface area contributed by atoms with Gasteiger partial charge in [-0.1, -0.05) is 26.0 Å². The Labute approximate surface area is 118 Å². The standard InChI is InChI=1S/C15H19N3O2/c1-4-15(3,5-2)18-12-10-8-6-7-9-11(10)16-13(17-12)14(19)20/h6-9H,4-5H2,1-3H3,(H,19,20)(H,16,17,18). The molecule has 5 heteroatoms. The van der Waals surface area contributed by atoms with Crippen molar-refractivity contribution in [3.05, 3.63) is 30.1 Å². The van der Waals surface area contributed by atoms with Crippen LogP contribution in [0.1, 0.15) is 44.2 Å². The summed E-state index contributed by atoms with van der Waals surface area (Å²) in [6.45, 7) is 6.29. The maximum Gasteiger partial charge on any atom is 0.374 e. The van der Waals surface area contributed by atoms with Crippen LogP contribution in [-0.4, -0.2) is 26.6 Å². The lowest BCUT2D eigenvalue weighted by atomic mass is 9.95. The van der Waals surface area contributed by atoms with E-state index in [1.807, 2.05) is 18.2 Å². The number of nitrogens with zero attached hydrogens (tertiary/aromatic N) is 2. The average molecular weight is 273 g/mol. The minimum atomic E-state index is -1.12. The molecule has 1 aromatic carbocycles. The van der Waals surface area contributed by atoms with E-state index >= 15 is 0 Å². The summed E-state index contributed by atoms with van der Waals surface area (Å²) in [6, 6.07) is 7.43. The third-order valence-corrected chi connectivity index (χ3v) is 3.78. The Morgan fingerprint density at radius 2 is 1.90 bits per heavy atom. The first-order valence-corrected chi connectivity index (χ1v) is 6.77. The number of anilines is 1. The van der Waals surface area contributed by atoms with Crippen molar-refractivity contribution in [1.82, 2.24) is 9.97 Å². The van der Waals surface area contributed by atoms with Gasteiger partial charge in [0.05, 0.1) is 5.52 Å². The molecule has 0 fully saturated rings. The van der Waals surface area contributed by atoms with Crippen LogP contribution in [-0.2, 0) is 0 Å². The molecule has 0 radical (unpaired) electrons. The van der Waals surface area contributed by atoms with Crippen LogP contribution >= 0.6 is 0 Å². The molecule has 0 bridgehead atoms. The maximum atomic E-state index is 11.1. The summed E-state index contributed by atoms with van der Waals surface area (Å²) in [4.78, 5) is 19.4. The molecular formula is C15H19N3O2. The molecule has 0 aliphatic rings. The zero-order valence-electron chi connectivity index (χ0n) is 12.0. The molecular weight excluding hydrogens is 254 g/mol. The van der Waals surface area contributed by atoms with Gasteiger partial charge in [0.25, 0.3) is 0 Å². The number of aromatic nitrogens is 2. The molecule has 2 aromatic rings. The highest BCUT2D eigenvalue weighted by Crippen LogP contribution is 2.26. The summed E-state index contributed by atoms with van der Waals surface area (Å²) < 4.78 is 0. The lowest BCUT2D eigenvalue weighted by Gasteiger charge is -2.29. The molecule has 20 heavy (non-hydrogen) atoms. The normalized spacial score (nSPS) is 11.6. The number of aromatic carboxylic acids is 1. The van der Waals surface area contributed by atoms with Crippen LogP contribution < -0.4 is 5.32 Å². The van der Waals surface area contributed by atoms with Crippen molar-refractivity contribution in [2.24, 2.45) is 0 Å². The highest BCUT2D eigenvalue weighted by atomic mass is 16.4. The van der Waals surface area contributed by atoms with Gasteiger partial charge in [-0.15, -0.1) is 0 Å². The fourth-order valence-corrected chi connectivity index (χ4v) is 1.98. The molecule has 106 valence electrons. The number of para-hydroxylation sites is 1. The van der Waals surface area contributed by atoms with Crippen LogP contribution in [0.4, 0.5) is 5.82 Å². The Balaban J connectivity index is 2.58. The maximum absolute atomic E-state index is 11.1. The minimum absolute atomic E-state index is 0.118. The average Bonchev–Trinajstić information content (AvgIpc) is 2.46. The third kappa shape index (κ3) is 2.71. The molecule has 1 heterocycles. The number of hydrogen-bond donors (Lipinski definition) is 2. The number of fused-ring (bicyclic) bond motifs is 1. The van der Waals surface area contributed by atoms with Crippen molar-refractivity contribution in [2.45, 2.75) is 39.2 Å². The number of hydrogen-bond acceptors (Lipinski definition) is 4. The van der Waals surface area contributed by atoms with Crippen LogP contribution in [0.5, 0.6) is 0 Å². The Morgan fingerprint density at radius 1 is 1.25 bits per heavy atom. The second kappa shape index (κ2) is 5.45. The Kier molecular flexibility index (Phi) is 3.88. The van der Waals surface area contributed by atoms with Crippen molar-refractivity contribution < 1.29 is 9.90 Å². The lowest BCUT2D eigenvalue weighted by Crippen LogP contribution is -2.33. The van der Waals surface area contributed by atoms with Crippen molar-refractivity contribution in [3.8, 4) is 0 Å². The molecule has 1 aromatic heterocycles. The largest absolute Gasteiger partial charge is 0.475 e. The number of nitrogens with one attached hydrogen (secondary N) is 1. The number of benzene rings is 1. The molecule has 2 N–H and O–H groups in total. The van der Waals surface area contributed by atoms with Crippen LogP contribution in [0, 0.1) is 0 Å². The quantitative estimate of drug-likeness (QED) is 0.874. The summed E-state index contributed by atoms with van der Waals surface area (Å²) in [5.41, 5.74) is 0.518. The molecule has 0 atom stereocenters. The van der Waals surface area contributed by atoms with Crippen LogP contribution in [0.3, 0.4) is 0 Å². The summed E-state index contributed by atoms with van der Waals surface area (Å²) in [5, 5.41) is 13.3. The monoisotopic (exact) mass is 273 g/mol. The Hall–Kier alpha value is -2.17. The highest BCUT2D eigenvalue weighted by molar-refractivity contribution is 5.93. The highest BCUT2D eigenvalue weighted by Gasteiger charge is 2.22. The first kappa shape index (κ1) is 14.2. The Morgan fingerprint density at radius 3 is 2.50 bits per heavy atom. The number of carbonyl (C=O) groups is 1. The fourth-order valence-electron chi connectivity index (χ4n) is 1.98. The summed E-state index contributed by atoms with van der Waals surface area (Å²) in [7, 11) is 0. The van der Waals surface area contributed by atoms with E-state index in [0.717, 1.165) is 18.2 Å². The minimum Gasteiger partial charge on any atom is -0.475 e. The fraction of sp³-hybridized carbons (Fsp3) is 0.400. The topological polar surface area (TPSA) is 75.1 Å². The molecule has 5 nitrogen and oxygen atoms in total. The van der Waals surface area contributed by atoms with Gasteiger partial charge in [-0.25, -0.2) is 14.8 Å². The van der Waals surface area contributed by atoms with E-state index in [1.54, 1.807) is 6.07 Å². The molecule has 0 aliphatic carbocycles. The van der Waals surface area contributed by atoms with E-state index < -0.39 is 5.97 Å². The smallest absolute Gasteiger partial charge is 0.374 e. The molecule has 0 amide bonds. The van der Waals surface area contributed by atoms with Crippen molar-refractivity contribution in [2.75, 3.05) is 5.32 Å². The second-order valence-electron chi connectivity index (χ2n) is 5.11. The van der Waals surface area contributed by atoms with Gasteiger partial charge in [0.2, 0.25) is 5.82 Å². The third-order valence-electron chi connectivity index (χ3n) is 3.78. The molecule has 2 rings (SSSR count). The van der Waals surface area contributed by atoms with Gasteiger partial charge < -0.3 is 10.4 Å². The van der Waals surface area contributed by atoms with Gasteiger partial charge in [-0.3, -0.25) is 0 Å². The molecule has 0 saturated carbocycles. The molecule has 0 aliphatic heterocycles. The van der Waals surface area contributed by atoms with Crippen LogP contribution in [0.15, 0.2) is 24.3 Å². The van der Waals surface area contributed by atoms with Crippen molar-refractivity contribution >= 4 is 22.7 Å². The first-order chi connectivity index (χ1) is 9.49.